The summed E-state index contributed by atoms with van der Waals surface area (Å²) in [7, 11) is 1.21. The van der Waals surface area contributed by atoms with Crippen molar-refractivity contribution in [3.8, 4) is 10.6 Å². The lowest BCUT2D eigenvalue weighted by atomic mass is 10.1. The molecule has 2 rings (SSSR count). The lowest BCUT2D eigenvalue weighted by Gasteiger charge is -2.07. The molecule has 0 N–H and O–H groups in total. The van der Waals surface area contributed by atoms with Crippen LogP contribution in [0.3, 0.4) is 0 Å². The predicted octanol–water partition coefficient (Wildman–Crippen LogP) is 3.62. The van der Waals surface area contributed by atoms with Crippen LogP contribution in [0.2, 0.25) is 0 Å². The third-order valence-electron chi connectivity index (χ3n) is 2.34. The molecule has 0 radical (unpaired) electrons. The van der Waals surface area contributed by atoms with Crippen molar-refractivity contribution in [1.29, 1.82) is 0 Å². The molecule has 19 heavy (non-hydrogen) atoms. The maximum absolute atomic E-state index is 12.6. The van der Waals surface area contributed by atoms with Crippen LogP contribution in [0.1, 0.15) is 16.1 Å². The van der Waals surface area contributed by atoms with Crippen LogP contribution in [0.5, 0.6) is 0 Å². The van der Waals surface area contributed by atoms with Gasteiger partial charge in [-0.05, 0) is 12.1 Å². The molecular weight excluding hydrogens is 279 g/mol. The van der Waals surface area contributed by atoms with Gasteiger partial charge in [0.05, 0.1) is 12.7 Å². The smallest absolute Gasteiger partial charge is 0.416 e. The number of thiazole rings is 1. The SMILES string of the molecule is COC(=O)c1csc(-c2cccc(C(F)(F)F)c2)n1. The Bertz CT molecular complexity index is 607. The molecule has 0 unspecified atom stereocenters. The van der Waals surface area contributed by atoms with E-state index in [2.05, 4.69) is 9.72 Å². The Morgan fingerprint density at radius 1 is 1.37 bits per heavy atom. The number of alkyl halides is 3. The highest BCUT2D eigenvalue weighted by molar-refractivity contribution is 7.13. The fourth-order valence-corrected chi connectivity index (χ4v) is 2.22. The van der Waals surface area contributed by atoms with E-state index in [0.29, 0.717) is 10.6 Å². The lowest BCUT2D eigenvalue weighted by molar-refractivity contribution is -0.137. The van der Waals surface area contributed by atoms with Gasteiger partial charge >= 0.3 is 12.1 Å². The molecule has 0 aliphatic carbocycles. The normalized spacial score (nSPS) is 11.4. The van der Waals surface area contributed by atoms with Crippen molar-refractivity contribution in [2.24, 2.45) is 0 Å². The number of halogens is 3. The van der Waals surface area contributed by atoms with E-state index in [1.165, 1.54) is 24.6 Å². The van der Waals surface area contributed by atoms with Crippen molar-refractivity contribution in [2.45, 2.75) is 6.18 Å². The van der Waals surface area contributed by atoms with Crippen molar-refractivity contribution in [3.05, 3.63) is 40.9 Å². The Balaban J connectivity index is 2.37. The fraction of sp³-hybridized carbons (Fsp3) is 0.167. The van der Waals surface area contributed by atoms with Gasteiger partial charge in [0.15, 0.2) is 5.69 Å². The van der Waals surface area contributed by atoms with Crippen LogP contribution in [-0.4, -0.2) is 18.1 Å². The number of esters is 1. The standard InChI is InChI=1S/C12H8F3NO2S/c1-18-11(17)9-6-19-10(16-9)7-3-2-4-8(5-7)12(13,14)15/h2-6H,1H3. The second-order valence-corrected chi connectivity index (χ2v) is 4.47. The molecule has 1 heterocycles. The summed E-state index contributed by atoms with van der Waals surface area (Å²) in [5.41, 5.74) is -0.352. The lowest BCUT2D eigenvalue weighted by Crippen LogP contribution is -2.04. The molecule has 0 spiro atoms. The number of carbonyl (C=O) groups is 1. The minimum absolute atomic E-state index is 0.0833. The summed E-state index contributed by atoms with van der Waals surface area (Å²) in [4.78, 5) is 15.2. The predicted molar refractivity (Wildman–Crippen MR) is 63.9 cm³/mol. The molecule has 1 aromatic carbocycles. The highest BCUT2D eigenvalue weighted by Gasteiger charge is 2.30. The number of aromatic nitrogens is 1. The highest BCUT2D eigenvalue weighted by atomic mass is 32.1. The van der Waals surface area contributed by atoms with Crippen molar-refractivity contribution >= 4 is 17.3 Å². The van der Waals surface area contributed by atoms with Gasteiger partial charge in [-0.2, -0.15) is 13.2 Å². The summed E-state index contributed by atoms with van der Waals surface area (Å²) in [6.45, 7) is 0. The molecule has 0 fully saturated rings. The molecule has 0 saturated heterocycles. The molecule has 1 aromatic heterocycles. The number of rotatable bonds is 2. The number of carbonyl (C=O) groups excluding carboxylic acids is 1. The van der Waals surface area contributed by atoms with Crippen LogP contribution in [0, 0.1) is 0 Å². The van der Waals surface area contributed by atoms with Gasteiger partial charge in [-0.15, -0.1) is 11.3 Å². The van der Waals surface area contributed by atoms with E-state index < -0.39 is 17.7 Å². The number of nitrogens with zero attached hydrogens (tertiary/aromatic N) is 1. The zero-order valence-corrected chi connectivity index (χ0v) is 10.5. The zero-order chi connectivity index (χ0) is 14.0. The molecule has 0 saturated carbocycles. The van der Waals surface area contributed by atoms with E-state index in [1.54, 1.807) is 0 Å². The Morgan fingerprint density at radius 2 is 2.11 bits per heavy atom. The summed E-state index contributed by atoms with van der Waals surface area (Å²) in [5.74, 6) is -0.616. The second-order valence-electron chi connectivity index (χ2n) is 3.61. The third kappa shape index (κ3) is 2.93. The van der Waals surface area contributed by atoms with Crippen LogP contribution < -0.4 is 0 Å². The molecule has 0 bridgehead atoms. The first-order chi connectivity index (χ1) is 8.91. The van der Waals surface area contributed by atoms with Gasteiger partial charge < -0.3 is 4.74 Å². The van der Waals surface area contributed by atoms with Crippen LogP contribution in [0.15, 0.2) is 29.6 Å². The van der Waals surface area contributed by atoms with E-state index in [4.69, 9.17) is 0 Å². The number of hydrogen-bond donors (Lipinski definition) is 0. The van der Waals surface area contributed by atoms with Gasteiger partial charge in [-0.3, -0.25) is 0 Å². The van der Waals surface area contributed by atoms with Crippen LogP contribution in [0.4, 0.5) is 13.2 Å². The first kappa shape index (κ1) is 13.5. The van der Waals surface area contributed by atoms with Gasteiger partial charge in [0.2, 0.25) is 0 Å². The quantitative estimate of drug-likeness (QED) is 0.792. The molecule has 100 valence electrons. The van der Waals surface area contributed by atoms with Gasteiger partial charge in [0.25, 0.3) is 0 Å². The summed E-state index contributed by atoms with van der Waals surface area (Å²) < 4.78 is 42.2. The second kappa shape index (κ2) is 5.00. The minimum atomic E-state index is -4.40. The first-order valence-electron chi connectivity index (χ1n) is 5.13. The molecule has 0 aliphatic rings. The van der Waals surface area contributed by atoms with Crippen molar-refractivity contribution in [1.82, 2.24) is 4.98 Å². The van der Waals surface area contributed by atoms with Crippen molar-refractivity contribution < 1.29 is 22.7 Å². The van der Waals surface area contributed by atoms with E-state index in [-0.39, 0.29) is 5.69 Å². The van der Waals surface area contributed by atoms with E-state index >= 15 is 0 Å². The molecule has 0 aliphatic heterocycles. The molecule has 0 amide bonds. The number of hydrogen-bond acceptors (Lipinski definition) is 4. The monoisotopic (exact) mass is 287 g/mol. The van der Waals surface area contributed by atoms with E-state index in [9.17, 15) is 18.0 Å². The topological polar surface area (TPSA) is 39.2 Å². The summed E-state index contributed by atoms with van der Waals surface area (Å²) in [6, 6.07) is 4.80. The Labute approximate surface area is 110 Å². The van der Waals surface area contributed by atoms with Crippen molar-refractivity contribution in [2.75, 3.05) is 7.11 Å². The minimum Gasteiger partial charge on any atom is -0.464 e. The van der Waals surface area contributed by atoms with Crippen LogP contribution in [0.25, 0.3) is 10.6 Å². The van der Waals surface area contributed by atoms with Gasteiger partial charge in [0.1, 0.15) is 5.01 Å². The van der Waals surface area contributed by atoms with Crippen LogP contribution in [-0.2, 0) is 10.9 Å². The van der Waals surface area contributed by atoms with Gasteiger partial charge in [-0.1, -0.05) is 12.1 Å². The highest BCUT2D eigenvalue weighted by Crippen LogP contribution is 2.33. The maximum atomic E-state index is 12.6. The average molecular weight is 287 g/mol. The number of ether oxygens (including phenoxy) is 1. The van der Waals surface area contributed by atoms with Crippen molar-refractivity contribution in [3.63, 3.8) is 0 Å². The Hall–Kier alpha value is -1.89. The summed E-state index contributed by atoms with van der Waals surface area (Å²) in [5, 5.41) is 1.79. The molecule has 7 heteroatoms. The first-order valence-corrected chi connectivity index (χ1v) is 6.01. The largest absolute Gasteiger partial charge is 0.464 e. The third-order valence-corrected chi connectivity index (χ3v) is 3.23. The average Bonchev–Trinajstić information content (AvgIpc) is 2.86. The van der Waals surface area contributed by atoms with E-state index in [0.717, 1.165) is 23.5 Å². The van der Waals surface area contributed by atoms with E-state index in [1.807, 2.05) is 0 Å². The molecule has 2 aromatic rings. The number of benzene rings is 1. The maximum Gasteiger partial charge on any atom is 0.416 e. The Kier molecular flexibility index (Phi) is 3.57. The zero-order valence-electron chi connectivity index (χ0n) is 9.69. The molecule has 3 nitrogen and oxygen atoms in total. The summed E-state index contributed by atoms with van der Waals surface area (Å²) in [6.07, 6.45) is -4.40. The summed E-state index contributed by atoms with van der Waals surface area (Å²) >= 11 is 1.09. The molecule has 0 atom stereocenters. The molecular formula is C12H8F3NO2S. The fourth-order valence-electron chi connectivity index (χ4n) is 1.43. The Morgan fingerprint density at radius 3 is 2.74 bits per heavy atom. The van der Waals surface area contributed by atoms with Gasteiger partial charge in [-0.25, -0.2) is 9.78 Å². The van der Waals surface area contributed by atoms with Crippen LogP contribution >= 0.6 is 11.3 Å². The number of methoxy groups -OCH3 is 1. The van der Waals surface area contributed by atoms with Gasteiger partial charge in [0, 0.05) is 10.9 Å².